The van der Waals surface area contributed by atoms with Gasteiger partial charge < -0.3 is 5.32 Å². The molecule has 2 nitrogen and oxygen atoms in total. The van der Waals surface area contributed by atoms with Crippen molar-refractivity contribution in [3.8, 4) is 6.07 Å². The van der Waals surface area contributed by atoms with Gasteiger partial charge in [-0.2, -0.15) is 5.26 Å². The molecular weight excluding hydrogens is 167 g/mol. The predicted octanol–water partition coefficient (Wildman–Crippen LogP) is 2.30. The first-order valence-electron chi connectivity index (χ1n) is 3.82. The third kappa shape index (κ3) is 2.31. The molecule has 1 N–H and O–H groups in total. The highest BCUT2D eigenvalue weighted by atomic mass is 19.1. The number of hydrogen-bond donors (Lipinski definition) is 1. The topological polar surface area (TPSA) is 35.8 Å². The molecule has 0 radical (unpaired) electrons. The molecule has 0 aliphatic rings. The Kier molecular flexibility index (Phi) is 3.04. The lowest BCUT2D eigenvalue weighted by Crippen LogP contribution is -2.00. The van der Waals surface area contributed by atoms with Gasteiger partial charge >= 0.3 is 0 Å². The molecule has 0 saturated heterocycles. The summed E-state index contributed by atoms with van der Waals surface area (Å²) in [6.07, 6.45) is 1.64. The van der Waals surface area contributed by atoms with Crippen LogP contribution in [-0.4, -0.2) is 6.54 Å². The first kappa shape index (κ1) is 9.27. The maximum atomic E-state index is 13.1. The summed E-state index contributed by atoms with van der Waals surface area (Å²) in [5.41, 5.74) is 0.709. The van der Waals surface area contributed by atoms with Crippen molar-refractivity contribution in [3.05, 3.63) is 42.2 Å². The number of anilines is 1. The van der Waals surface area contributed by atoms with Crippen molar-refractivity contribution < 1.29 is 4.39 Å². The van der Waals surface area contributed by atoms with Gasteiger partial charge in [0, 0.05) is 6.54 Å². The minimum absolute atomic E-state index is 0.321. The van der Waals surface area contributed by atoms with E-state index >= 15 is 0 Å². The largest absolute Gasteiger partial charge is 0.379 e. The molecule has 13 heavy (non-hydrogen) atoms. The van der Waals surface area contributed by atoms with Gasteiger partial charge in [-0.1, -0.05) is 6.08 Å². The van der Waals surface area contributed by atoms with E-state index < -0.39 is 5.82 Å². The van der Waals surface area contributed by atoms with E-state index in [1.807, 2.05) is 6.07 Å². The van der Waals surface area contributed by atoms with E-state index in [0.29, 0.717) is 17.8 Å². The molecule has 0 fully saturated rings. The summed E-state index contributed by atoms with van der Waals surface area (Å²) >= 11 is 0. The lowest BCUT2D eigenvalue weighted by Gasteiger charge is -2.03. The van der Waals surface area contributed by atoms with Crippen molar-refractivity contribution in [3.63, 3.8) is 0 Å². The average Bonchev–Trinajstić information content (AvgIpc) is 2.16. The van der Waals surface area contributed by atoms with Crippen LogP contribution in [0.3, 0.4) is 0 Å². The van der Waals surface area contributed by atoms with E-state index in [1.165, 1.54) is 12.1 Å². The van der Waals surface area contributed by atoms with Gasteiger partial charge in [-0.05, 0) is 18.2 Å². The lowest BCUT2D eigenvalue weighted by atomic mass is 10.2. The maximum Gasteiger partial charge on any atom is 0.147 e. The van der Waals surface area contributed by atoms with Crippen molar-refractivity contribution in [1.29, 1.82) is 5.26 Å². The summed E-state index contributed by atoms with van der Waals surface area (Å²) in [4.78, 5) is 0. The van der Waals surface area contributed by atoms with Gasteiger partial charge in [0.15, 0.2) is 0 Å². The van der Waals surface area contributed by atoms with Gasteiger partial charge in [-0.3, -0.25) is 0 Å². The second kappa shape index (κ2) is 4.27. The first-order chi connectivity index (χ1) is 6.27. The standard InChI is InChI=1S/C10H9FN2/c1-2-5-13-10-4-3-8(7-12)6-9(10)11/h2-4,6,13H,1,5H2. The highest BCUT2D eigenvalue weighted by Crippen LogP contribution is 2.14. The molecule has 0 aromatic heterocycles. The molecule has 0 aliphatic heterocycles. The summed E-state index contributed by atoms with van der Waals surface area (Å²) in [7, 11) is 0. The Balaban J connectivity index is 2.86. The number of halogens is 1. The fraction of sp³-hybridized carbons (Fsp3) is 0.100. The van der Waals surface area contributed by atoms with Gasteiger partial charge in [-0.25, -0.2) is 4.39 Å². The maximum absolute atomic E-state index is 13.1. The number of nitrogens with zero attached hydrogens (tertiary/aromatic N) is 1. The van der Waals surface area contributed by atoms with Crippen LogP contribution in [0.1, 0.15) is 5.56 Å². The summed E-state index contributed by atoms with van der Waals surface area (Å²) in [5, 5.41) is 11.3. The summed E-state index contributed by atoms with van der Waals surface area (Å²) < 4.78 is 13.1. The fourth-order valence-electron chi connectivity index (χ4n) is 0.910. The Morgan fingerprint density at radius 1 is 1.62 bits per heavy atom. The van der Waals surface area contributed by atoms with Gasteiger partial charge in [0.25, 0.3) is 0 Å². The molecule has 1 aromatic carbocycles. The molecule has 1 rings (SSSR count). The SMILES string of the molecule is C=CCNc1ccc(C#N)cc1F. The van der Waals surface area contributed by atoms with Crippen LogP contribution in [0.25, 0.3) is 0 Å². The van der Waals surface area contributed by atoms with E-state index in [1.54, 1.807) is 12.1 Å². The zero-order valence-corrected chi connectivity index (χ0v) is 7.05. The molecule has 0 spiro atoms. The van der Waals surface area contributed by atoms with Crippen LogP contribution in [-0.2, 0) is 0 Å². The smallest absolute Gasteiger partial charge is 0.147 e. The molecule has 1 aromatic rings. The number of rotatable bonds is 3. The third-order valence-corrected chi connectivity index (χ3v) is 1.54. The molecule has 0 aliphatic carbocycles. The van der Waals surface area contributed by atoms with Crippen molar-refractivity contribution in [2.45, 2.75) is 0 Å². The van der Waals surface area contributed by atoms with Crippen molar-refractivity contribution in [2.24, 2.45) is 0 Å². The van der Waals surface area contributed by atoms with E-state index in [2.05, 4.69) is 11.9 Å². The predicted molar refractivity (Wildman–Crippen MR) is 49.8 cm³/mol. The number of nitrogens with one attached hydrogen (secondary N) is 1. The van der Waals surface area contributed by atoms with Gasteiger partial charge in [-0.15, -0.1) is 6.58 Å². The Morgan fingerprint density at radius 3 is 2.92 bits per heavy atom. The van der Waals surface area contributed by atoms with Crippen molar-refractivity contribution >= 4 is 5.69 Å². The minimum atomic E-state index is -0.416. The summed E-state index contributed by atoms with van der Waals surface area (Å²) in [6, 6.07) is 6.17. The van der Waals surface area contributed by atoms with E-state index in [0.717, 1.165) is 0 Å². The van der Waals surface area contributed by atoms with Gasteiger partial charge in [0.1, 0.15) is 5.82 Å². The molecule has 0 atom stereocenters. The number of nitriles is 1. The van der Waals surface area contributed by atoms with Gasteiger partial charge in [0.05, 0.1) is 17.3 Å². The molecule has 0 unspecified atom stereocenters. The first-order valence-corrected chi connectivity index (χ1v) is 3.82. The van der Waals surface area contributed by atoms with Crippen LogP contribution in [0.2, 0.25) is 0 Å². The van der Waals surface area contributed by atoms with E-state index in [4.69, 9.17) is 5.26 Å². The minimum Gasteiger partial charge on any atom is -0.379 e. The zero-order chi connectivity index (χ0) is 9.68. The second-order valence-corrected chi connectivity index (χ2v) is 2.48. The van der Waals surface area contributed by atoms with E-state index in [9.17, 15) is 4.39 Å². The highest BCUT2D eigenvalue weighted by Gasteiger charge is 2.00. The third-order valence-electron chi connectivity index (χ3n) is 1.54. The highest BCUT2D eigenvalue weighted by molar-refractivity contribution is 5.49. The Morgan fingerprint density at radius 2 is 2.38 bits per heavy atom. The van der Waals surface area contributed by atoms with Crippen LogP contribution >= 0.6 is 0 Å². The number of benzene rings is 1. The van der Waals surface area contributed by atoms with E-state index in [-0.39, 0.29) is 0 Å². The molecular formula is C10H9FN2. The molecule has 0 heterocycles. The molecule has 0 saturated carbocycles. The Bertz CT molecular complexity index is 352. The van der Waals surface area contributed by atoms with Crippen LogP contribution in [0, 0.1) is 17.1 Å². The van der Waals surface area contributed by atoms with Crippen molar-refractivity contribution in [1.82, 2.24) is 0 Å². The monoisotopic (exact) mass is 176 g/mol. The average molecular weight is 176 g/mol. The Labute approximate surface area is 76.3 Å². The Hall–Kier alpha value is -1.82. The molecule has 0 bridgehead atoms. The van der Waals surface area contributed by atoms with Crippen LogP contribution in [0.5, 0.6) is 0 Å². The van der Waals surface area contributed by atoms with Gasteiger partial charge in [0.2, 0.25) is 0 Å². The van der Waals surface area contributed by atoms with Crippen LogP contribution < -0.4 is 5.32 Å². The van der Waals surface area contributed by atoms with Crippen LogP contribution in [0.4, 0.5) is 10.1 Å². The zero-order valence-electron chi connectivity index (χ0n) is 7.05. The second-order valence-electron chi connectivity index (χ2n) is 2.48. The molecule has 3 heteroatoms. The molecule has 0 amide bonds. The normalized spacial score (nSPS) is 8.92. The lowest BCUT2D eigenvalue weighted by molar-refractivity contribution is 0.630. The fourth-order valence-corrected chi connectivity index (χ4v) is 0.910. The summed E-state index contributed by atoms with van der Waals surface area (Å²) in [5.74, 6) is -0.416. The summed E-state index contributed by atoms with van der Waals surface area (Å²) in [6.45, 7) is 4.00. The quantitative estimate of drug-likeness (QED) is 0.717. The molecule has 66 valence electrons. The van der Waals surface area contributed by atoms with Crippen LogP contribution in [0.15, 0.2) is 30.9 Å². The number of hydrogen-bond acceptors (Lipinski definition) is 2. The van der Waals surface area contributed by atoms with Crippen molar-refractivity contribution in [2.75, 3.05) is 11.9 Å².